The molecule has 0 saturated carbocycles. The number of carbonyl (C=O) groups excluding carboxylic acids is 2. The lowest BCUT2D eigenvalue weighted by Gasteiger charge is -2.12. The van der Waals surface area contributed by atoms with E-state index in [1.165, 1.54) is 18.2 Å². The summed E-state index contributed by atoms with van der Waals surface area (Å²) < 4.78 is 4.73. The lowest BCUT2D eigenvalue weighted by Crippen LogP contribution is -2.13. The maximum absolute atomic E-state index is 13.1. The number of hydrogen-bond acceptors (Lipinski definition) is 7. The molecule has 0 aliphatic rings. The maximum Gasteiger partial charge on any atom is 0.335 e. The molecule has 0 aliphatic heterocycles. The summed E-state index contributed by atoms with van der Waals surface area (Å²) in [6.07, 6.45) is 0. The Balaban J connectivity index is 1.75. The Labute approximate surface area is 193 Å². The molecule has 0 spiro atoms. The number of hydrogen-bond donors (Lipinski definition) is 3. The minimum absolute atomic E-state index is 0.0572. The summed E-state index contributed by atoms with van der Waals surface area (Å²) >= 11 is 0. The summed E-state index contributed by atoms with van der Waals surface area (Å²) in [7, 11) is 0. The van der Waals surface area contributed by atoms with E-state index >= 15 is 0 Å². The van der Waals surface area contributed by atoms with E-state index in [1.54, 1.807) is 48.5 Å². The van der Waals surface area contributed by atoms with Crippen molar-refractivity contribution >= 4 is 46.2 Å². The minimum atomic E-state index is -1.27. The van der Waals surface area contributed by atoms with E-state index in [-0.39, 0.29) is 34.7 Å². The molecule has 0 unspecified atom stereocenters. The highest BCUT2D eigenvalue weighted by atomic mass is 16.5. The van der Waals surface area contributed by atoms with Crippen LogP contribution in [0.4, 0.5) is 17.1 Å². The maximum atomic E-state index is 13.1. The van der Waals surface area contributed by atoms with Gasteiger partial charge in [0.1, 0.15) is 11.4 Å². The first-order valence-corrected chi connectivity index (χ1v) is 9.98. The predicted molar refractivity (Wildman–Crippen MR) is 124 cm³/mol. The van der Waals surface area contributed by atoms with Gasteiger partial charge in [0.25, 0.3) is 12.4 Å². The number of carboxylic acids is 1. The molecule has 0 fully saturated rings. The first-order valence-electron chi connectivity index (χ1n) is 9.98. The molecule has 3 N–H and O–H groups in total. The molecule has 9 heteroatoms. The second-order valence-electron chi connectivity index (χ2n) is 7.10. The monoisotopic (exact) mass is 455 g/mol. The van der Waals surface area contributed by atoms with Crippen LogP contribution in [-0.2, 0) is 4.79 Å². The Bertz CT molecular complexity index is 1430. The molecule has 0 heterocycles. The van der Waals surface area contributed by atoms with Gasteiger partial charge in [-0.25, -0.2) is 4.79 Å². The second-order valence-corrected chi connectivity index (χ2v) is 7.10. The Kier molecular flexibility index (Phi) is 6.26. The van der Waals surface area contributed by atoms with Gasteiger partial charge in [-0.2, -0.15) is 5.11 Å². The molecular weight excluding hydrogens is 438 g/mol. The number of carbonyl (C=O) groups is 3. The van der Waals surface area contributed by atoms with Crippen molar-refractivity contribution in [3.63, 3.8) is 0 Å². The van der Waals surface area contributed by atoms with E-state index in [0.717, 1.165) is 6.07 Å². The van der Waals surface area contributed by atoms with Gasteiger partial charge < -0.3 is 20.3 Å². The van der Waals surface area contributed by atoms with Gasteiger partial charge in [-0.15, -0.1) is 5.11 Å². The molecule has 0 aliphatic carbocycles. The molecule has 0 radical (unpaired) electrons. The van der Waals surface area contributed by atoms with Crippen molar-refractivity contribution in [2.24, 2.45) is 10.2 Å². The second kappa shape index (κ2) is 9.61. The number of aromatic carboxylic acids is 1. The SMILES string of the molecule is O=COc1cc(NC(=O)c2cc3ccccc3c(/N=N/c3ccccc3)c2O)cc(C(=O)O)c1. The first kappa shape index (κ1) is 22.2. The van der Waals surface area contributed by atoms with Gasteiger partial charge in [0.15, 0.2) is 5.75 Å². The number of amides is 1. The molecule has 0 bridgehead atoms. The molecule has 0 atom stereocenters. The number of benzene rings is 4. The van der Waals surface area contributed by atoms with Crippen LogP contribution < -0.4 is 10.1 Å². The third-order valence-corrected chi connectivity index (χ3v) is 4.86. The molecular formula is C25H17N3O6. The van der Waals surface area contributed by atoms with E-state index in [4.69, 9.17) is 4.74 Å². The van der Waals surface area contributed by atoms with E-state index in [1.807, 2.05) is 6.07 Å². The van der Waals surface area contributed by atoms with Crippen molar-refractivity contribution in [1.29, 1.82) is 0 Å². The van der Waals surface area contributed by atoms with Gasteiger partial charge in [0.2, 0.25) is 0 Å². The lowest BCUT2D eigenvalue weighted by molar-refractivity contribution is -0.120. The number of fused-ring (bicyclic) bond motifs is 1. The topological polar surface area (TPSA) is 138 Å². The van der Waals surface area contributed by atoms with Crippen LogP contribution in [0.15, 0.2) is 89.1 Å². The quantitative estimate of drug-likeness (QED) is 0.250. The number of anilines is 1. The van der Waals surface area contributed by atoms with Gasteiger partial charge in [-0.05, 0) is 35.7 Å². The highest BCUT2D eigenvalue weighted by molar-refractivity contribution is 6.12. The van der Waals surface area contributed by atoms with Gasteiger partial charge in [-0.1, -0.05) is 42.5 Å². The number of phenols is 1. The van der Waals surface area contributed by atoms with Crippen LogP contribution in [0.1, 0.15) is 20.7 Å². The molecule has 168 valence electrons. The fourth-order valence-electron chi connectivity index (χ4n) is 3.31. The Morgan fingerprint density at radius 3 is 2.38 bits per heavy atom. The molecule has 4 aromatic carbocycles. The summed E-state index contributed by atoms with van der Waals surface area (Å²) in [5.74, 6) is -2.46. The van der Waals surface area contributed by atoms with Crippen LogP contribution >= 0.6 is 0 Å². The summed E-state index contributed by atoms with van der Waals surface area (Å²) in [5.41, 5.74) is 0.432. The van der Waals surface area contributed by atoms with Crippen LogP contribution in [0.25, 0.3) is 10.8 Å². The van der Waals surface area contributed by atoms with Crippen molar-refractivity contribution in [2.75, 3.05) is 5.32 Å². The molecule has 0 saturated heterocycles. The number of azo groups is 1. The largest absolute Gasteiger partial charge is 0.505 e. The zero-order chi connectivity index (χ0) is 24.1. The van der Waals surface area contributed by atoms with Crippen LogP contribution in [0.2, 0.25) is 0 Å². The zero-order valence-corrected chi connectivity index (χ0v) is 17.5. The van der Waals surface area contributed by atoms with E-state index < -0.39 is 17.6 Å². The van der Waals surface area contributed by atoms with Crippen LogP contribution in [0.5, 0.6) is 11.5 Å². The number of rotatable bonds is 7. The number of carboxylic acid groups (broad SMARTS) is 1. The number of nitrogens with one attached hydrogen (secondary N) is 1. The number of aromatic hydroxyl groups is 1. The van der Waals surface area contributed by atoms with Gasteiger partial charge in [0.05, 0.1) is 16.8 Å². The lowest BCUT2D eigenvalue weighted by atomic mass is 10.0. The van der Waals surface area contributed by atoms with Gasteiger partial charge >= 0.3 is 5.97 Å². The minimum Gasteiger partial charge on any atom is -0.505 e. The summed E-state index contributed by atoms with van der Waals surface area (Å²) in [6, 6.07) is 21.1. The molecule has 9 nitrogen and oxygen atoms in total. The van der Waals surface area contributed by atoms with Crippen LogP contribution in [0, 0.1) is 0 Å². The average Bonchev–Trinajstić information content (AvgIpc) is 2.83. The van der Waals surface area contributed by atoms with Crippen LogP contribution in [0.3, 0.4) is 0 Å². The zero-order valence-electron chi connectivity index (χ0n) is 17.5. The highest BCUT2D eigenvalue weighted by Gasteiger charge is 2.19. The third-order valence-electron chi connectivity index (χ3n) is 4.86. The fraction of sp³-hybridized carbons (Fsp3) is 0. The van der Waals surface area contributed by atoms with E-state index in [2.05, 4.69) is 15.5 Å². The molecule has 34 heavy (non-hydrogen) atoms. The number of ether oxygens (including phenoxy) is 1. The van der Waals surface area contributed by atoms with Gasteiger partial charge in [-0.3, -0.25) is 9.59 Å². The molecule has 1 amide bonds. The summed E-state index contributed by atoms with van der Waals surface area (Å²) in [5, 5.41) is 32.3. The fourth-order valence-corrected chi connectivity index (χ4v) is 3.31. The Hall–Kier alpha value is -5.05. The molecule has 4 aromatic rings. The van der Waals surface area contributed by atoms with Gasteiger partial charge in [0, 0.05) is 17.1 Å². The van der Waals surface area contributed by atoms with Crippen molar-refractivity contribution in [1.82, 2.24) is 0 Å². The number of nitrogens with zero attached hydrogens (tertiary/aromatic N) is 2. The van der Waals surface area contributed by atoms with E-state index in [9.17, 15) is 24.6 Å². The normalized spacial score (nSPS) is 10.8. The van der Waals surface area contributed by atoms with Crippen molar-refractivity contribution < 1.29 is 29.3 Å². The highest BCUT2D eigenvalue weighted by Crippen LogP contribution is 2.39. The smallest absolute Gasteiger partial charge is 0.335 e. The van der Waals surface area contributed by atoms with E-state index in [0.29, 0.717) is 16.5 Å². The van der Waals surface area contributed by atoms with Crippen molar-refractivity contribution in [2.45, 2.75) is 0 Å². The standard InChI is InChI=1S/C25H17N3O6/c29-14-34-19-11-16(25(32)33)10-18(13-19)26-24(31)21-12-15-6-4-5-9-20(15)22(23(21)30)28-27-17-7-2-1-3-8-17/h1-14,30H,(H,26,31)(H,32,33)/b28-27+. The molecule has 4 rings (SSSR count). The molecule has 0 aromatic heterocycles. The first-order chi connectivity index (χ1) is 16.5. The predicted octanol–water partition coefficient (Wildman–Crippen LogP) is 5.45. The third kappa shape index (κ3) is 4.73. The Morgan fingerprint density at radius 2 is 1.65 bits per heavy atom. The summed E-state index contributed by atoms with van der Waals surface area (Å²) in [4.78, 5) is 35.1. The average molecular weight is 455 g/mol. The van der Waals surface area contributed by atoms with Crippen LogP contribution in [-0.4, -0.2) is 28.6 Å². The summed E-state index contributed by atoms with van der Waals surface area (Å²) in [6.45, 7) is 0.145. The Morgan fingerprint density at radius 1 is 0.912 bits per heavy atom. The number of phenolic OH excluding ortho intramolecular Hbond substituents is 1. The van der Waals surface area contributed by atoms with Crippen molar-refractivity contribution in [3.05, 3.63) is 90.0 Å². The van der Waals surface area contributed by atoms with Crippen molar-refractivity contribution in [3.8, 4) is 11.5 Å².